The highest BCUT2D eigenvalue weighted by Crippen LogP contribution is 2.41. The first kappa shape index (κ1) is 21.7. The second-order valence-electron chi connectivity index (χ2n) is 8.51. The van der Waals surface area contributed by atoms with Crippen LogP contribution in [0.5, 0.6) is 0 Å². The molecule has 1 aromatic carbocycles. The lowest BCUT2D eigenvalue weighted by molar-refractivity contribution is 0.102. The zero-order chi connectivity index (χ0) is 23.8. The third-order valence-corrected chi connectivity index (χ3v) is 6.01. The van der Waals surface area contributed by atoms with Gasteiger partial charge in [-0.15, -0.1) is 10.2 Å². The molecule has 0 radical (unpaired) electrons. The molecule has 3 aromatic heterocycles. The van der Waals surface area contributed by atoms with E-state index in [1.54, 1.807) is 24.5 Å². The van der Waals surface area contributed by atoms with Gasteiger partial charge in [-0.1, -0.05) is 25.1 Å². The zero-order valence-electron chi connectivity index (χ0n) is 19.6. The fourth-order valence-electron chi connectivity index (χ4n) is 4.46. The van der Waals surface area contributed by atoms with Crippen LogP contribution < -0.4 is 10.2 Å². The maximum absolute atomic E-state index is 12.8. The molecule has 1 N–H and O–H groups in total. The van der Waals surface area contributed by atoms with E-state index >= 15 is 0 Å². The van der Waals surface area contributed by atoms with E-state index in [4.69, 9.17) is 4.98 Å². The van der Waals surface area contributed by atoms with Gasteiger partial charge in [0.2, 0.25) is 0 Å². The zero-order valence-corrected chi connectivity index (χ0v) is 19.6. The van der Waals surface area contributed by atoms with E-state index in [0.717, 1.165) is 29.6 Å². The number of hydrogen-bond donors (Lipinski definition) is 1. The minimum atomic E-state index is -0.215. The Morgan fingerprint density at radius 2 is 1.91 bits per heavy atom. The van der Waals surface area contributed by atoms with E-state index in [9.17, 15) is 4.79 Å². The number of pyridine rings is 1. The molecule has 0 saturated carbocycles. The number of aromatic nitrogens is 6. The topological polar surface area (TPSA) is 102 Å². The molecule has 9 heteroatoms. The maximum atomic E-state index is 12.8. The fraction of sp³-hybridized carbons (Fsp3) is 0.280. The number of hydrogen-bond acceptors (Lipinski definition) is 7. The second kappa shape index (κ2) is 8.66. The quantitative estimate of drug-likeness (QED) is 0.478. The van der Waals surface area contributed by atoms with Crippen LogP contribution in [0.25, 0.3) is 17.1 Å². The van der Waals surface area contributed by atoms with Gasteiger partial charge < -0.3 is 10.2 Å². The average molecular weight is 455 g/mol. The summed E-state index contributed by atoms with van der Waals surface area (Å²) in [7, 11) is 0. The molecule has 4 aromatic rings. The molecule has 1 atom stereocenters. The van der Waals surface area contributed by atoms with Crippen LogP contribution in [0.15, 0.2) is 55.0 Å². The maximum Gasteiger partial charge on any atom is 0.255 e. The normalized spacial score (nSPS) is 14.6. The van der Waals surface area contributed by atoms with Gasteiger partial charge in [0.05, 0.1) is 24.1 Å². The van der Waals surface area contributed by atoms with Crippen molar-refractivity contribution < 1.29 is 4.79 Å². The van der Waals surface area contributed by atoms with Crippen LogP contribution in [0.2, 0.25) is 0 Å². The lowest BCUT2D eigenvalue weighted by atomic mass is 10.1. The highest BCUT2D eigenvalue weighted by atomic mass is 16.1. The molecule has 0 spiro atoms. The van der Waals surface area contributed by atoms with Gasteiger partial charge in [-0.05, 0) is 45.4 Å². The van der Waals surface area contributed by atoms with Crippen LogP contribution in [0.4, 0.5) is 11.5 Å². The minimum absolute atomic E-state index is 0.0474. The predicted octanol–water partition coefficient (Wildman–Crippen LogP) is 4.36. The number of rotatable bonds is 5. The molecule has 0 fully saturated rings. The summed E-state index contributed by atoms with van der Waals surface area (Å²) in [6, 6.07) is 11.1. The highest BCUT2D eigenvalue weighted by Gasteiger charge is 2.36. The third-order valence-electron chi connectivity index (χ3n) is 6.01. The predicted molar refractivity (Wildman–Crippen MR) is 130 cm³/mol. The molecule has 4 heterocycles. The van der Waals surface area contributed by atoms with E-state index in [2.05, 4.69) is 51.2 Å². The molecule has 1 amide bonds. The standard InChI is InChI=1S/C25H26N8O/c1-5-20-24-31-30-16(4)33(24)21-14-27-22(29-23(21)32(20)15(2)3)18-11-12-26-13-19(18)28-25(34)17-9-7-6-8-10-17/h6-15,20H,5H2,1-4H3,(H,28,34). The van der Waals surface area contributed by atoms with Crippen molar-refractivity contribution in [3.63, 3.8) is 0 Å². The Morgan fingerprint density at radius 1 is 1.12 bits per heavy atom. The smallest absolute Gasteiger partial charge is 0.255 e. The van der Waals surface area contributed by atoms with Gasteiger partial charge in [-0.3, -0.25) is 14.3 Å². The number of anilines is 2. The average Bonchev–Trinajstić information content (AvgIpc) is 3.25. The lowest BCUT2D eigenvalue weighted by Gasteiger charge is -2.39. The number of nitrogens with one attached hydrogen (secondary N) is 1. The molecule has 0 saturated heterocycles. The van der Waals surface area contributed by atoms with Gasteiger partial charge >= 0.3 is 0 Å². The number of nitrogens with zero attached hydrogens (tertiary/aromatic N) is 7. The summed E-state index contributed by atoms with van der Waals surface area (Å²) in [4.78, 5) is 28.9. The summed E-state index contributed by atoms with van der Waals surface area (Å²) in [5.41, 5.74) is 2.67. The fourth-order valence-corrected chi connectivity index (χ4v) is 4.46. The third kappa shape index (κ3) is 3.59. The van der Waals surface area contributed by atoms with Gasteiger partial charge in [-0.25, -0.2) is 9.97 Å². The number of fused-ring (bicyclic) bond motifs is 3. The van der Waals surface area contributed by atoms with Gasteiger partial charge in [-0.2, -0.15) is 0 Å². The highest BCUT2D eigenvalue weighted by molar-refractivity contribution is 6.05. The van der Waals surface area contributed by atoms with Crippen molar-refractivity contribution in [3.05, 3.63) is 72.2 Å². The van der Waals surface area contributed by atoms with Gasteiger partial charge in [0.25, 0.3) is 5.91 Å². The van der Waals surface area contributed by atoms with Gasteiger partial charge in [0.1, 0.15) is 11.5 Å². The van der Waals surface area contributed by atoms with E-state index < -0.39 is 0 Å². The van der Waals surface area contributed by atoms with E-state index in [1.807, 2.05) is 42.0 Å². The molecule has 1 unspecified atom stereocenters. The number of amides is 1. The van der Waals surface area contributed by atoms with E-state index in [-0.39, 0.29) is 18.0 Å². The summed E-state index contributed by atoms with van der Waals surface area (Å²) in [6.07, 6.45) is 5.97. The largest absolute Gasteiger partial charge is 0.342 e. The number of carbonyl (C=O) groups is 1. The molecule has 0 aliphatic carbocycles. The summed E-state index contributed by atoms with van der Waals surface area (Å²) >= 11 is 0. The SMILES string of the molecule is CCC1c2nnc(C)n2-c2cnc(-c3ccncc3NC(=O)c3ccccc3)nc2N1C(C)C. The van der Waals surface area contributed by atoms with Crippen LogP contribution >= 0.6 is 0 Å². The Balaban J connectivity index is 1.60. The number of benzene rings is 1. The molecule has 34 heavy (non-hydrogen) atoms. The van der Waals surface area contributed by atoms with Crippen molar-refractivity contribution in [2.24, 2.45) is 0 Å². The van der Waals surface area contributed by atoms with Crippen LogP contribution in [-0.2, 0) is 0 Å². The first-order chi connectivity index (χ1) is 16.5. The Hall–Kier alpha value is -4.14. The summed E-state index contributed by atoms with van der Waals surface area (Å²) in [6.45, 7) is 8.36. The molecular weight excluding hydrogens is 428 g/mol. The van der Waals surface area contributed by atoms with E-state index in [0.29, 0.717) is 22.6 Å². The summed E-state index contributed by atoms with van der Waals surface area (Å²) < 4.78 is 2.04. The first-order valence-corrected chi connectivity index (χ1v) is 11.4. The summed E-state index contributed by atoms with van der Waals surface area (Å²) in [5.74, 6) is 2.82. The molecule has 172 valence electrons. The minimum Gasteiger partial charge on any atom is -0.342 e. The molecule has 5 rings (SSSR count). The molecule has 1 aliphatic rings. The second-order valence-corrected chi connectivity index (χ2v) is 8.51. The molecule has 1 aliphatic heterocycles. The Morgan fingerprint density at radius 3 is 2.65 bits per heavy atom. The van der Waals surface area contributed by atoms with Crippen molar-refractivity contribution in [2.45, 2.75) is 46.2 Å². The van der Waals surface area contributed by atoms with Gasteiger partial charge in [0.15, 0.2) is 17.5 Å². The van der Waals surface area contributed by atoms with Crippen molar-refractivity contribution in [1.82, 2.24) is 29.7 Å². The van der Waals surface area contributed by atoms with Crippen molar-refractivity contribution in [2.75, 3.05) is 10.2 Å². The number of carbonyl (C=O) groups excluding carboxylic acids is 1. The molecule has 0 bridgehead atoms. The first-order valence-electron chi connectivity index (χ1n) is 11.4. The monoisotopic (exact) mass is 454 g/mol. The van der Waals surface area contributed by atoms with Crippen molar-refractivity contribution in [3.8, 4) is 17.1 Å². The Bertz CT molecular complexity index is 1350. The van der Waals surface area contributed by atoms with Crippen molar-refractivity contribution in [1.29, 1.82) is 0 Å². The van der Waals surface area contributed by atoms with Crippen molar-refractivity contribution >= 4 is 17.4 Å². The van der Waals surface area contributed by atoms with Crippen LogP contribution in [0.1, 0.15) is 55.2 Å². The Kier molecular flexibility index (Phi) is 5.53. The summed E-state index contributed by atoms with van der Waals surface area (Å²) in [5, 5.41) is 11.7. The van der Waals surface area contributed by atoms with Crippen LogP contribution in [0.3, 0.4) is 0 Å². The number of aryl methyl sites for hydroxylation is 1. The van der Waals surface area contributed by atoms with Crippen LogP contribution in [0, 0.1) is 6.92 Å². The lowest BCUT2D eigenvalue weighted by Crippen LogP contribution is -2.40. The van der Waals surface area contributed by atoms with Gasteiger partial charge in [0, 0.05) is 23.4 Å². The van der Waals surface area contributed by atoms with Crippen LogP contribution in [-0.4, -0.2) is 41.7 Å². The molecular formula is C25H26N8O. The Labute approximate surface area is 197 Å². The van der Waals surface area contributed by atoms with E-state index in [1.165, 1.54) is 0 Å². The molecule has 9 nitrogen and oxygen atoms in total.